The summed E-state index contributed by atoms with van der Waals surface area (Å²) in [7, 11) is 1.40. The number of rotatable bonds is 8. The van der Waals surface area contributed by atoms with E-state index in [-0.39, 0.29) is 5.97 Å². The molecule has 2 aromatic heterocycles. The van der Waals surface area contributed by atoms with Gasteiger partial charge in [0, 0.05) is 40.0 Å². The molecule has 0 fully saturated rings. The van der Waals surface area contributed by atoms with Crippen LogP contribution in [0.2, 0.25) is 5.02 Å². The molecule has 40 heavy (non-hydrogen) atoms. The van der Waals surface area contributed by atoms with Crippen LogP contribution in [0, 0.1) is 0 Å². The summed E-state index contributed by atoms with van der Waals surface area (Å²) in [5.41, 5.74) is 3.39. The van der Waals surface area contributed by atoms with Crippen LogP contribution in [-0.2, 0) is 11.3 Å². The van der Waals surface area contributed by atoms with Gasteiger partial charge in [-0.25, -0.2) is 4.79 Å². The minimum Gasteiger partial charge on any atom is -0.465 e. The van der Waals surface area contributed by atoms with Crippen molar-refractivity contribution in [3.05, 3.63) is 113 Å². The van der Waals surface area contributed by atoms with E-state index < -0.39 is 0 Å². The summed E-state index contributed by atoms with van der Waals surface area (Å²) < 4.78 is 8.84. The Morgan fingerprint density at radius 2 is 1.70 bits per heavy atom. The van der Waals surface area contributed by atoms with E-state index in [9.17, 15) is 4.79 Å². The molecular weight excluding hydrogens is 542 g/mol. The molecule has 7 nitrogen and oxygen atoms in total. The minimum absolute atomic E-state index is 0.349. The number of nitrogens with zero attached hydrogens (tertiary/aromatic N) is 5. The van der Waals surface area contributed by atoms with Crippen LogP contribution in [0.5, 0.6) is 0 Å². The lowest BCUT2D eigenvalue weighted by molar-refractivity contribution is 0.0602. The molecule has 198 valence electrons. The van der Waals surface area contributed by atoms with Crippen LogP contribution in [0.25, 0.3) is 33.1 Å². The van der Waals surface area contributed by atoms with Gasteiger partial charge in [0.1, 0.15) is 0 Å². The van der Waals surface area contributed by atoms with E-state index in [0.29, 0.717) is 33.9 Å². The number of fused-ring (bicyclic) bond motifs is 2. The summed E-state index contributed by atoms with van der Waals surface area (Å²) in [5.74, 6) is 0.992. The molecule has 6 aromatic rings. The maximum absolute atomic E-state index is 12.3. The second kappa shape index (κ2) is 11.4. The predicted octanol–water partition coefficient (Wildman–Crippen LogP) is 7.17. The van der Waals surface area contributed by atoms with Gasteiger partial charge in [-0.1, -0.05) is 96.2 Å². The molecule has 0 unspecified atom stereocenters. The zero-order valence-corrected chi connectivity index (χ0v) is 23.1. The van der Waals surface area contributed by atoms with E-state index in [1.54, 1.807) is 22.7 Å². The first-order chi connectivity index (χ1) is 19.6. The van der Waals surface area contributed by atoms with Crippen molar-refractivity contribution >= 4 is 57.2 Å². The van der Waals surface area contributed by atoms with E-state index in [0.717, 1.165) is 32.8 Å². The molecule has 9 heteroatoms. The van der Waals surface area contributed by atoms with Crippen molar-refractivity contribution in [1.82, 2.24) is 19.4 Å². The van der Waals surface area contributed by atoms with Crippen molar-refractivity contribution in [1.29, 1.82) is 0 Å². The zero-order valence-electron chi connectivity index (χ0n) is 21.6. The highest BCUT2D eigenvalue weighted by molar-refractivity contribution is 7.99. The molecule has 0 spiro atoms. The summed E-state index contributed by atoms with van der Waals surface area (Å²) in [4.78, 5) is 12.3. The lowest BCUT2D eigenvalue weighted by atomic mass is 10.0. The molecule has 0 amide bonds. The highest BCUT2D eigenvalue weighted by atomic mass is 35.5. The number of benzene rings is 4. The number of hydrogen-bond acceptors (Lipinski definition) is 6. The number of halogens is 1. The molecule has 0 atom stereocenters. The fourth-order valence-electron chi connectivity index (χ4n) is 4.66. The van der Waals surface area contributed by atoms with Crippen molar-refractivity contribution in [2.75, 3.05) is 12.9 Å². The smallest absolute Gasteiger partial charge is 0.340 e. The highest BCUT2D eigenvalue weighted by Crippen LogP contribution is 2.30. The molecular formula is C31H24ClN5O2S. The fraction of sp³-hybridized carbons (Fsp3) is 0.0968. The summed E-state index contributed by atoms with van der Waals surface area (Å²) in [5, 5.41) is 18.3. The zero-order chi connectivity index (χ0) is 27.5. The molecule has 0 saturated heterocycles. The molecule has 0 saturated carbocycles. The maximum Gasteiger partial charge on any atom is 0.340 e. The van der Waals surface area contributed by atoms with Crippen LogP contribution in [0.15, 0.2) is 107 Å². The third kappa shape index (κ3) is 5.11. The van der Waals surface area contributed by atoms with Gasteiger partial charge in [-0.2, -0.15) is 9.78 Å². The fourth-order valence-corrected chi connectivity index (χ4v) is 5.61. The van der Waals surface area contributed by atoms with Crippen molar-refractivity contribution in [3.63, 3.8) is 0 Å². The number of para-hydroxylation sites is 1. The first-order valence-electron chi connectivity index (χ1n) is 12.6. The van der Waals surface area contributed by atoms with E-state index in [1.807, 2.05) is 79.0 Å². The first kappa shape index (κ1) is 25.9. The lowest BCUT2D eigenvalue weighted by Gasteiger charge is -2.08. The van der Waals surface area contributed by atoms with Gasteiger partial charge in [-0.3, -0.25) is 0 Å². The van der Waals surface area contributed by atoms with Crippen LogP contribution in [-0.4, -0.2) is 44.5 Å². The predicted molar refractivity (Wildman–Crippen MR) is 161 cm³/mol. The van der Waals surface area contributed by atoms with Gasteiger partial charge >= 0.3 is 5.97 Å². The molecule has 0 aliphatic carbocycles. The Hall–Kier alpha value is -4.40. The van der Waals surface area contributed by atoms with Gasteiger partial charge < -0.3 is 9.30 Å². The topological polar surface area (TPSA) is 74.3 Å². The quantitative estimate of drug-likeness (QED) is 0.111. The van der Waals surface area contributed by atoms with Crippen LogP contribution < -0.4 is 0 Å². The van der Waals surface area contributed by atoms with Crippen LogP contribution >= 0.6 is 23.4 Å². The lowest BCUT2D eigenvalue weighted by Crippen LogP contribution is -2.02. The average molecular weight is 566 g/mol. The average Bonchev–Trinajstić information content (AvgIpc) is 3.57. The number of thioether (sulfide) groups is 1. The Bertz CT molecular complexity index is 1850. The van der Waals surface area contributed by atoms with E-state index in [2.05, 4.69) is 33.0 Å². The minimum atomic E-state index is -0.349. The number of carbonyl (C=O) groups is 1. The number of methoxy groups -OCH3 is 1. The summed E-state index contributed by atoms with van der Waals surface area (Å²) in [6, 6.07) is 29.6. The van der Waals surface area contributed by atoms with Gasteiger partial charge in [-0.05, 0) is 34.5 Å². The Labute approximate surface area is 240 Å². The second-order valence-corrected chi connectivity index (χ2v) is 10.5. The van der Waals surface area contributed by atoms with Crippen molar-refractivity contribution < 1.29 is 9.53 Å². The van der Waals surface area contributed by atoms with Gasteiger partial charge in [0.2, 0.25) is 5.16 Å². The maximum atomic E-state index is 12.3. The Balaban J connectivity index is 1.33. The normalized spacial score (nSPS) is 11.6. The van der Waals surface area contributed by atoms with E-state index in [1.165, 1.54) is 7.11 Å². The largest absolute Gasteiger partial charge is 0.465 e. The van der Waals surface area contributed by atoms with E-state index >= 15 is 0 Å². The van der Waals surface area contributed by atoms with Crippen molar-refractivity contribution in [2.24, 2.45) is 5.10 Å². The second-order valence-electron chi connectivity index (χ2n) is 9.03. The number of hydrogen-bond donors (Lipinski definition) is 0. The third-order valence-electron chi connectivity index (χ3n) is 6.59. The monoisotopic (exact) mass is 565 g/mol. The molecule has 0 aliphatic rings. The molecule has 4 aromatic carbocycles. The van der Waals surface area contributed by atoms with Gasteiger partial charge in [0.15, 0.2) is 5.82 Å². The Kier molecular flexibility index (Phi) is 7.35. The molecule has 0 aliphatic heterocycles. The third-order valence-corrected chi connectivity index (χ3v) is 7.74. The number of aromatic nitrogens is 4. The molecule has 0 N–H and O–H groups in total. The molecule has 6 rings (SSSR count). The van der Waals surface area contributed by atoms with Crippen molar-refractivity contribution in [3.8, 4) is 11.4 Å². The number of aryl methyl sites for hydroxylation is 1. The molecule has 0 bridgehead atoms. The van der Waals surface area contributed by atoms with E-state index in [4.69, 9.17) is 21.4 Å². The van der Waals surface area contributed by atoms with Gasteiger partial charge in [0.25, 0.3) is 0 Å². The number of carbonyl (C=O) groups excluding carboxylic acids is 1. The van der Waals surface area contributed by atoms with Gasteiger partial charge in [-0.15, -0.1) is 10.2 Å². The van der Waals surface area contributed by atoms with Crippen LogP contribution in [0.1, 0.15) is 15.9 Å². The number of ether oxygens (including phenoxy) is 1. The SMILES string of the molecule is COC(=O)c1cn(CCSc2nnc(-c3cccc4ccccc34)n2/N=C/c2ccc(Cl)cc2)c2ccccc12. The first-order valence-corrected chi connectivity index (χ1v) is 14.0. The highest BCUT2D eigenvalue weighted by Gasteiger charge is 2.18. The van der Waals surface area contributed by atoms with Crippen LogP contribution in [0.4, 0.5) is 0 Å². The Morgan fingerprint density at radius 1 is 0.950 bits per heavy atom. The number of esters is 1. The summed E-state index contributed by atoms with van der Waals surface area (Å²) in [6.45, 7) is 0.652. The summed E-state index contributed by atoms with van der Waals surface area (Å²) >= 11 is 7.62. The molecule has 2 heterocycles. The van der Waals surface area contributed by atoms with Crippen molar-refractivity contribution in [2.45, 2.75) is 11.7 Å². The van der Waals surface area contributed by atoms with Gasteiger partial charge in [0.05, 0.1) is 18.9 Å². The van der Waals surface area contributed by atoms with Crippen LogP contribution in [0.3, 0.4) is 0 Å². The Morgan fingerprint density at radius 3 is 2.52 bits per heavy atom. The molecule has 0 radical (unpaired) electrons. The summed E-state index contributed by atoms with van der Waals surface area (Å²) in [6.07, 6.45) is 3.63. The standard InChI is InChI=1S/C31H24ClN5O2S/c1-39-30(38)27-20-36(28-12-5-4-10-25(27)28)17-18-40-31-35-34-29(26-11-6-8-22-7-2-3-9-24(22)26)37(31)33-19-21-13-15-23(32)16-14-21/h2-16,19-20H,17-18H2,1H3/b33-19+.